The maximum atomic E-state index is 14.9. The van der Waals surface area contributed by atoms with E-state index in [1.165, 1.54) is 18.2 Å². The van der Waals surface area contributed by atoms with Crippen LogP contribution in [-0.2, 0) is 20.6 Å². The third-order valence-electron chi connectivity index (χ3n) is 6.44. The van der Waals surface area contributed by atoms with Crippen LogP contribution in [0.4, 0.5) is 17.6 Å². The molecule has 0 amide bonds. The number of hydrogen-bond acceptors (Lipinski definition) is 3. The molecule has 3 nitrogen and oxygen atoms in total. The molecular formula is C28H24F4O3. The number of epoxide rings is 1. The molecule has 2 aliphatic heterocycles. The quantitative estimate of drug-likeness (QED) is 0.211. The first-order valence-corrected chi connectivity index (χ1v) is 11.5. The minimum absolute atomic E-state index is 0.0877. The Bertz CT molecular complexity index is 1230. The summed E-state index contributed by atoms with van der Waals surface area (Å²) in [6, 6.07) is 12.3. The fourth-order valence-electron chi connectivity index (χ4n) is 4.23. The monoisotopic (exact) mass is 484 g/mol. The normalized spacial score (nSPS) is 21.7. The molecule has 1 atom stereocenters. The van der Waals surface area contributed by atoms with Crippen molar-refractivity contribution in [1.82, 2.24) is 0 Å². The number of benzene rings is 3. The van der Waals surface area contributed by atoms with Crippen molar-refractivity contribution in [3.8, 4) is 22.3 Å². The summed E-state index contributed by atoms with van der Waals surface area (Å²) in [6.07, 6.45) is 1.58. The van der Waals surface area contributed by atoms with Gasteiger partial charge in [0.05, 0.1) is 19.8 Å². The molecule has 2 heterocycles. The van der Waals surface area contributed by atoms with Gasteiger partial charge in [-0.1, -0.05) is 54.6 Å². The second-order valence-electron chi connectivity index (χ2n) is 8.76. The summed E-state index contributed by atoms with van der Waals surface area (Å²) in [5.74, 6) is -3.63. The zero-order valence-corrected chi connectivity index (χ0v) is 18.9. The van der Waals surface area contributed by atoms with E-state index in [-0.39, 0.29) is 34.6 Å². The van der Waals surface area contributed by atoms with Crippen LogP contribution in [-0.4, -0.2) is 26.1 Å². The molecule has 3 aromatic carbocycles. The number of aryl methyl sites for hydroxylation is 1. The van der Waals surface area contributed by atoms with Gasteiger partial charge in [-0.2, -0.15) is 0 Å². The van der Waals surface area contributed by atoms with Gasteiger partial charge in [0, 0.05) is 29.0 Å². The van der Waals surface area contributed by atoms with E-state index < -0.39 is 35.7 Å². The molecular weight excluding hydrogens is 460 g/mol. The molecule has 0 aliphatic carbocycles. The Balaban J connectivity index is 1.30. The van der Waals surface area contributed by atoms with Crippen LogP contribution in [0.1, 0.15) is 23.7 Å². The van der Waals surface area contributed by atoms with Crippen LogP contribution in [0.3, 0.4) is 0 Å². The first-order chi connectivity index (χ1) is 17.0. The second-order valence-corrected chi connectivity index (χ2v) is 8.76. The van der Waals surface area contributed by atoms with Gasteiger partial charge < -0.3 is 14.2 Å². The van der Waals surface area contributed by atoms with Crippen LogP contribution in [0.15, 0.2) is 61.2 Å². The van der Waals surface area contributed by atoms with Crippen molar-refractivity contribution in [2.75, 3.05) is 19.8 Å². The fourth-order valence-corrected chi connectivity index (χ4v) is 4.23. The van der Waals surface area contributed by atoms with Gasteiger partial charge in [-0.15, -0.1) is 6.58 Å². The van der Waals surface area contributed by atoms with Crippen molar-refractivity contribution in [3.05, 3.63) is 95.6 Å². The van der Waals surface area contributed by atoms with E-state index in [1.54, 1.807) is 36.4 Å². The third kappa shape index (κ3) is 4.89. The highest BCUT2D eigenvalue weighted by Gasteiger charge is 2.30. The predicted molar refractivity (Wildman–Crippen MR) is 124 cm³/mol. The zero-order chi connectivity index (χ0) is 24.5. The molecule has 2 aliphatic rings. The van der Waals surface area contributed by atoms with Gasteiger partial charge in [-0.05, 0) is 23.1 Å². The number of hydrogen-bond donors (Lipinski definition) is 0. The Morgan fingerprint density at radius 2 is 1.29 bits per heavy atom. The number of ether oxygens (including phenoxy) is 3. The standard InChI is InChI=1S/C28H24F4O3/c1-2-16-13-34-24(35-14-16)12-8-19-7-9-20(26(30)25(19)29)17-3-5-18(6-4-17)21-10-11-22(23-15-33-23)28(32)27(21)31/h2-7,9-11,16,23-24H,1,8,12-15H2. The maximum Gasteiger partial charge on any atom is 0.167 e. The summed E-state index contributed by atoms with van der Waals surface area (Å²) < 4.78 is 74.9. The van der Waals surface area contributed by atoms with Crippen molar-refractivity contribution in [1.29, 1.82) is 0 Å². The van der Waals surface area contributed by atoms with E-state index in [1.807, 2.05) is 0 Å². The van der Waals surface area contributed by atoms with Crippen molar-refractivity contribution < 1.29 is 31.8 Å². The van der Waals surface area contributed by atoms with Crippen molar-refractivity contribution in [2.45, 2.75) is 25.2 Å². The fraction of sp³-hybridized carbons (Fsp3) is 0.286. The topological polar surface area (TPSA) is 31.0 Å². The summed E-state index contributed by atoms with van der Waals surface area (Å²) in [5.41, 5.74) is 1.46. The molecule has 35 heavy (non-hydrogen) atoms. The Kier molecular flexibility index (Phi) is 6.73. The van der Waals surface area contributed by atoms with Gasteiger partial charge in [-0.3, -0.25) is 0 Å². The van der Waals surface area contributed by atoms with E-state index in [4.69, 9.17) is 14.2 Å². The molecule has 0 N–H and O–H groups in total. The third-order valence-corrected chi connectivity index (χ3v) is 6.44. The average Bonchev–Trinajstić information content (AvgIpc) is 3.72. The van der Waals surface area contributed by atoms with Gasteiger partial charge >= 0.3 is 0 Å². The van der Waals surface area contributed by atoms with Crippen molar-refractivity contribution in [2.24, 2.45) is 5.92 Å². The Labute approximate surface area is 200 Å². The summed E-state index contributed by atoms with van der Waals surface area (Å²) in [7, 11) is 0. The lowest BCUT2D eigenvalue weighted by Crippen LogP contribution is -2.31. The lowest BCUT2D eigenvalue weighted by Gasteiger charge is -2.27. The van der Waals surface area contributed by atoms with Gasteiger partial charge in [-0.25, -0.2) is 17.6 Å². The second kappa shape index (κ2) is 9.93. The highest BCUT2D eigenvalue weighted by atomic mass is 19.2. The van der Waals surface area contributed by atoms with Gasteiger partial charge in [0.1, 0.15) is 6.10 Å². The van der Waals surface area contributed by atoms with Gasteiger partial charge in [0.2, 0.25) is 0 Å². The Morgan fingerprint density at radius 1 is 0.714 bits per heavy atom. The molecule has 5 rings (SSSR count). The first kappa shape index (κ1) is 23.7. The van der Waals surface area contributed by atoms with Crippen LogP contribution < -0.4 is 0 Å². The minimum Gasteiger partial charge on any atom is -0.368 e. The average molecular weight is 484 g/mol. The van der Waals surface area contributed by atoms with E-state index in [2.05, 4.69) is 6.58 Å². The molecule has 0 saturated carbocycles. The Hall–Kier alpha value is -3.00. The number of halogens is 4. The summed E-state index contributed by atoms with van der Waals surface area (Å²) in [4.78, 5) is 0. The van der Waals surface area contributed by atoms with Crippen LogP contribution in [0.5, 0.6) is 0 Å². The van der Waals surface area contributed by atoms with E-state index in [9.17, 15) is 17.6 Å². The summed E-state index contributed by atoms with van der Waals surface area (Å²) in [5, 5.41) is 0. The van der Waals surface area contributed by atoms with Gasteiger partial charge in [0.25, 0.3) is 0 Å². The molecule has 7 heteroatoms. The molecule has 2 saturated heterocycles. The largest absolute Gasteiger partial charge is 0.368 e. The zero-order valence-electron chi connectivity index (χ0n) is 18.9. The minimum atomic E-state index is -0.960. The summed E-state index contributed by atoms with van der Waals surface area (Å²) >= 11 is 0. The summed E-state index contributed by atoms with van der Waals surface area (Å²) in [6.45, 7) is 5.08. The molecule has 0 spiro atoms. The van der Waals surface area contributed by atoms with Crippen molar-refractivity contribution >= 4 is 0 Å². The lowest BCUT2D eigenvalue weighted by atomic mass is 9.96. The molecule has 0 aromatic heterocycles. The molecule has 1 unspecified atom stereocenters. The predicted octanol–water partition coefficient (Wildman–Crippen LogP) is 6.76. The van der Waals surface area contributed by atoms with Crippen LogP contribution in [0.2, 0.25) is 0 Å². The maximum absolute atomic E-state index is 14.9. The smallest absolute Gasteiger partial charge is 0.167 e. The molecule has 0 radical (unpaired) electrons. The van der Waals surface area contributed by atoms with Crippen molar-refractivity contribution in [3.63, 3.8) is 0 Å². The molecule has 2 fully saturated rings. The van der Waals surface area contributed by atoms with Crippen LogP contribution >= 0.6 is 0 Å². The molecule has 3 aromatic rings. The van der Waals surface area contributed by atoms with E-state index >= 15 is 0 Å². The molecule has 0 bridgehead atoms. The van der Waals surface area contributed by atoms with E-state index in [0.717, 1.165) is 0 Å². The van der Waals surface area contributed by atoms with Crippen LogP contribution in [0, 0.1) is 29.2 Å². The number of rotatable bonds is 7. The van der Waals surface area contributed by atoms with E-state index in [0.29, 0.717) is 37.4 Å². The SMILES string of the molecule is C=CC1COC(CCc2ccc(-c3ccc(-c4ccc(C5CO5)c(F)c4F)cc3)c(F)c2F)OC1. The molecule has 182 valence electrons. The first-order valence-electron chi connectivity index (χ1n) is 11.5. The van der Waals surface area contributed by atoms with Crippen LogP contribution in [0.25, 0.3) is 22.3 Å². The Morgan fingerprint density at radius 3 is 1.86 bits per heavy atom. The highest BCUT2D eigenvalue weighted by molar-refractivity contribution is 5.71. The van der Waals surface area contributed by atoms with Gasteiger partial charge in [0.15, 0.2) is 29.6 Å². The highest BCUT2D eigenvalue weighted by Crippen LogP contribution is 2.36. The lowest BCUT2D eigenvalue weighted by molar-refractivity contribution is -0.195.